The van der Waals surface area contributed by atoms with Crippen LogP contribution in [0.3, 0.4) is 0 Å². The number of carbonyl (C=O) groups excluding carboxylic acids is 2. The lowest BCUT2D eigenvalue weighted by molar-refractivity contribution is 0.0924. The molecule has 0 unspecified atom stereocenters. The second-order valence-electron chi connectivity index (χ2n) is 7.04. The number of aryl methyl sites for hydroxylation is 1. The second-order valence-corrected chi connectivity index (χ2v) is 7.04. The van der Waals surface area contributed by atoms with Gasteiger partial charge in [0.25, 0.3) is 11.5 Å². The molecule has 4 rings (SSSR count). The second kappa shape index (κ2) is 7.14. The van der Waals surface area contributed by atoms with E-state index >= 15 is 0 Å². The molecule has 0 radical (unpaired) electrons. The number of carbonyl (C=O) groups is 2. The smallest absolute Gasteiger partial charge is 0.273 e. The van der Waals surface area contributed by atoms with Gasteiger partial charge in [0.2, 0.25) is 5.91 Å². The summed E-state index contributed by atoms with van der Waals surface area (Å²) in [5, 5.41) is 10.5. The van der Waals surface area contributed by atoms with Crippen LogP contribution >= 0.6 is 0 Å². The maximum Gasteiger partial charge on any atom is 0.273 e. The van der Waals surface area contributed by atoms with Crippen molar-refractivity contribution in [1.29, 1.82) is 0 Å². The predicted octanol–water partition coefficient (Wildman–Crippen LogP) is 1.73. The summed E-state index contributed by atoms with van der Waals surface area (Å²) >= 11 is 0. The van der Waals surface area contributed by atoms with Gasteiger partial charge in [-0.05, 0) is 25.5 Å². The number of nitrogens with zero attached hydrogens (tertiary/aromatic N) is 4. The van der Waals surface area contributed by atoms with E-state index in [1.165, 1.54) is 17.7 Å². The van der Waals surface area contributed by atoms with Crippen LogP contribution in [0.15, 0.2) is 29.1 Å². The maximum absolute atomic E-state index is 12.6. The molecule has 1 aromatic carbocycles. The van der Waals surface area contributed by atoms with Gasteiger partial charge in [0.1, 0.15) is 11.4 Å². The summed E-state index contributed by atoms with van der Waals surface area (Å²) in [5.74, 6) is -0.519. The van der Waals surface area contributed by atoms with Crippen LogP contribution in [0.2, 0.25) is 0 Å². The van der Waals surface area contributed by atoms with Gasteiger partial charge in [-0.2, -0.15) is 9.61 Å². The van der Waals surface area contributed by atoms with E-state index in [0.717, 1.165) is 16.3 Å². The summed E-state index contributed by atoms with van der Waals surface area (Å²) in [7, 11) is 0. The Morgan fingerprint density at radius 1 is 1.27 bits per heavy atom. The highest BCUT2D eigenvalue weighted by Gasteiger charge is 2.20. The van der Waals surface area contributed by atoms with Crippen LogP contribution < -0.4 is 16.6 Å². The Balaban J connectivity index is 1.89. The molecule has 1 amide bonds. The largest absolute Gasteiger partial charge is 0.383 e. The van der Waals surface area contributed by atoms with Gasteiger partial charge in [0, 0.05) is 30.5 Å². The van der Waals surface area contributed by atoms with E-state index < -0.39 is 11.5 Å². The number of anilines is 1. The standard InChI is InChI=1S/C20H21N7O3/c1-4-7-22-20(30)17-18(21)25-27-16(29)9-14(23-19(17)27)12-5-6-15-13(8-12)10(2)24-26(15)11(3)28/h5-6,8-9,25H,4,7,21H2,1-3H3,(H,22,30). The third-order valence-corrected chi connectivity index (χ3v) is 4.87. The van der Waals surface area contributed by atoms with Gasteiger partial charge in [-0.1, -0.05) is 13.0 Å². The minimum absolute atomic E-state index is 0.0689. The van der Waals surface area contributed by atoms with Gasteiger partial charge in [-0.25, -0.2) is 9.67 Å². The van der Waals surface area contributed by atoms with E-state index in [1.54, 1.807) is 19.1 Å². The fraction of sp³-hybridized carbons (Fsp3) is 0.250. The molecule has 0 spiro atoms. The predicted molar refractivity (Wildman–Crippen MR) is 113 cm³/mol. The summed E-state index contributed by atoms with van der Waals surface area (Å²) in [6.45, 7) is 5.67. The zero-order valence-corrected chi connectivity index (χ0v) is 16.8. The lowest BCUT2D eigenvalue weighted by Crippen LogP contribution is -2.25. The van der Waals surface area contributed by atoms with Crippen LogP contribution in [-0.4, -0.2) is 42.7 Å². The Morgan fingerprint density at radius 2 is 2.03 bits per heavy atom. The highest BCUT2D eigenvalue weighted by molar-refractivity contribution is 6.04. The third kappa shape index (κ3) is 3.02. The van der Waals surface area contributed by atoms with E-state index in [0.29, 0.717) is 29.0 Å². The lowest BCUT2D eigenvalue weighted by atomic mass is 10.1. The molecule has 3 heterocycles. The van der Waals surface area contributed by atoms with Crippen LogP contribution in [0.4, 0.5) is 5.82 Å². The normalized spacial score (nSPS) is 11.3. The topological polar surface area (TPSA) is 140 Å². The van der Waals surface area contributed by atoms with Crippen molar-refractivity contribution < 1.29 is 9.59 Å². The molecule has 0 bridgehead atoms. The number of rotatable bonds is 4. The Morgan fingerprint density at radius 3 is 2.73 bits per heavy atom. The van der Waals surface area contributed by atoms with Crippen LogP contribution in [0.25, 0.3) is 27.8 Å². The van der Waals surface area contributed by atoms with Gasteiger partial charge in [0.15, 0.2) is 5.65 Å². The molecule has 0 atom stereocenters. The van der Waals surface area contributed by atoms with Crippen LogP contribution in [0, 0.1) is 6.92 Å². The summed E-state index contributed by atoms with van der Waals surface area (Å²) in [5.41, 5.74) is 8.24. The van der Waals surface area contributed by atoms with Gasteiger partial charge < -0.3 is 11.1 Å². The molecule has 3 aromatic heterocycles. The van der Waals surface area contributed by atoms with Gasteiger partial charge in [-0.3, -0.25) is 19.5 Å². The monoisotopic (exact) mass is 407 g/mol. The quantitative estimate of drug-likeness (QED) is 0.471. The van der Waals surface area contributed by atoms with E-state index in [1.807, 2.05) is 13.0 Å². The van der Waals surface area contributed by atoms with Crippen molar-refractivity contribution in [3.05, 3.63) is 45.9 Å². The third-order valence-electron chi connectivity index (χ3n) is 4.87. The van der Waals surface area contributed by atoms with E-state index in [9.17, 15) is 14.4 Å². The van der Waals surface area contributed by atoms with Crippen LogP contribution in [0.5, 0.6) is 0 Å². The Labute approximate surface area is 170 Å². The number of amides is 1. The first kappa shape index (κ1) is 19.4. The van der Waals surface area contributed by atoms with Crippen molar-refractivity contribution in [2.24, 2.45) is 0 Å². The molecule has 0 saturated carbocycles. The van der Waals surface area contributed by atoms with Crippen molar-refractivity contribution in [2.45, 2.75) is 27.2 Å². The molecule has 154 valence electrons. The molecule has 4 aromatic rings. The van der Waals surface area contributed by atoms with Crippen LogP contribution in [-0.2, 0) is 0 Å². The molecule has 0 aliphatic rings. The minimum atomic E-state index is -0.397. The molecule has 0 aliphatic heterocycles. The molecule has 0 saturated heterocycles. The highest BCUT2D eigenvalue weighted by atomic mass is 16.2. The Kier molecular flexibility index (Phi) is 4.61. The number of benzene rings is 1. The molecule has 0 fully saturated rings. The number of aromatic amines is 1. The van der Waals surface area contributed by atoms with E-state index in [-0.39, 0.29) is 22.9 Å². The zero-order chi connectivity index (χ0) is 21.6. The van der Waals surface area contributed by atoms with Gasteiger partial charge in [-0.15, -0.1) is 0 Å². The van der Waals surface area contributed by atoms with E-state index in [4.69, 9.17) is 5.73 Å². The fourth-order valence-corrected chi connectivity index (χ4v) is 3.42. The van der Waals surface area contributed by atoms with Gasteiger partial charge in [0.05, 0.1) is 16.9 Å². The number of nitrogen functional groups attached to an aromatic ring is 1. The Hall–Kier alpha value is -3.95. The zero-order valence-electron chi connectivity index (χ0n) is 16.8. The van der Waals surface area contributed by atoms with Crippen molar-refractivity contribution in [3.63, 3.8) is 0 Å². The molecular weight excluding hydrogens is 386 g/mol. The minimum Gasteiger partial charge on any atom is -0.383 e. The molecule has 30 heavy (non-hydrogen) atoms. The molecule has 10 heteroatoms. The summed E-state index contributed by atoms with van der Waals surface area (Å²) in [6.07, 6.45) is 0.764. The number of nitrogens with one attached hydrogen (secondary N) is 2. The summed E-state index contributed by atoms with van der Waals surface area (Å²) < 4.78 is 2.49. The average Bonchev–Trinajstić information content (AvgIpc) is 3.23. The lowest BCUT2D eigenvalue weighted by Gasteiger charge is -2.05. The number of fused-ring (bicyclic) bond motifs is 2. The maximum atomic E-state index is 12.6. The summed E-state index contributed by atoms with van der Waals surface area (Å²) in [6, 6.07) is 6.70. The van der Waals surface area contributed by atoms with E-state index in [2.05, 4.69) is 20.5 Å². The average molecular weight is 407 g/mol. The molecular formula is C20H21N7O3. The number of aromatic nitrogens is 5. The SMILES string of the molecule is CCCNC(=O)c1c(N)[nH]n2c(=O)cc(-c3ccc4c(c3)c(C)nn4C(C)=O)nc12. The molecule has 0 aliphatic carbocycles. The van der Waals surface area contributed by atoms with Crippen molar-refractivity contribution in [3.8, 4) is 11.3 Å². The van der Waals surface area contributed by atoms with Crippen molar-refractivity contribution in [1.82, 2.24) is 29.7 Å². The summed E-state index contributed by atoms with van der Waals surface area (Å²) in [4.78, 5) is 41.5. The van der Waals surface area contributed by atoms with Crippen LogP contribution in [0.1, 0.15) is 41.1 Å². The molecule has 10 nitrogen and oxygen atoms in total. The fourth-order valence-electron chi connectivity index (χ4n) is 3.42. The first-order chi connectivity index (χ1) is 14.3. The number of H-pyrrole nitrogens is 1. The highest BCUT2D eigenvalue weighted by Crippen LogP contribution is 2.26. The first-order valence-corrected chi connectivity index (χ1v) is 9.52. The van der Waals surface area contributed by atoms with Crippen molar-refractivity contribution >= 4 is 34.2 Å². The van der Waals surface area contributed by atoms with Gasteiger partial charge >= 0.3 is 0 Å². The first-order valence-electron chi connectivity index (χ1n) is 9.52. The number of hydrogen-bond donors (Lipinski definition) is 3. The molecule has 4 N–H and O–H groups in total. The van der Waals surface area contributed by atoms with Crippen molar-refractivity contribution in [2.75, 3.05) is 12.3 Å². The number of hydrogen-bond acceptors (Lipinski definition) is 6. The Bertz CT molecular complexity index is 1380. The number of nitrogens with two attached hydrogens (primary N) is 1.